The molecule has 118 valence electrons. The summed E-state index contributed by atoms with van der Waals surface area (Å²) in [5.74, 6) is -0.0255. The van der Waals surface area contributed by atoms with Crippen molar-refractivity contribution in [1.82, 2.24) is 5.32 Å². The summed E-state index contributed by atoms with van der Waals surface area (Å²) in [6, 6.07) is 4.79. The van der Waals surface area contributed by atoms with Gasteiger partial charge in [-0.15, -0.1) is 0 Å². The van der Waals surface area contributed by atoms with Gasteiger partial charge in [-0.25, -0.2) is 0 Å². The molecule has 0 heterocycles. The lowest BCUT2D eigenvalue weighted by Crippen LogP contribution is -2.18. The van der Waals surface area contributed by atoms with Crippen molar-refractivity contribution in [2.24, 2.45) is 5.73 Å². The minimum atomic E-state index is -2.89. The Morgan fingerprint density at radius 3 is 2.76 bits per heavy atom. The maximum Gasteiger partial charge on any atom is 0.387 e. The van der Waals surface area contributed by atoms with Gasteiger partial charge in [0, 0.05) is 13.0 Å². The molecule has 0 atom stereocenters. The van der Waals surface area contributed by atoms with E-state index in [-0.39, 0.29) is 17.4 Å². The lowest BCUT2D eigenvalue weighted by Gasteiger charge is -2.13. The first-order chi connectivity index (χ1) is 10.0. The molecule has 3 N–H and O–H groups in total. The van der Waals surface area contributed by atoms with E-state index in [0.717, 1.165) is 5.56 Å². The summed E-state index contributed by atoms with van der Waals surface area (Å²) in [6.45, 7) is 0.411. The molecule has 0 aliphatic rings. The molecule has 1 aromatic rings. The normalized spacial score (nSPS) is 10.7. The van der Waals surface area contributed by atoms with E-state index >= 15 is 0 Å². The average molecular weight is 302 g/mol. The van der Waals surface area contributed by atoms with Crippen LogP contribution >= 0.6 is 0 Å². The second-order valence-electron chi connectivity index (χ2n) is 4.34. The molecule has 5 nitrogen and oxygen atoms in total. The van der Waals surface area contributed by atoms with Crippen LogP contribution < -0.4 is 20.5 Å². The molecule has 0 aliphatic carbocycles. The van der Waals surface area contributed by atoms with Gasteiger partial charge in [0.25, 0.3) is 0 Å². The maximum absolute atomic E-state index is 12.3. The highest BCUT2D eigenvalue weighted by atomic mass is 19.3. The summed E-state index contributed by atoms with van der Waals surface area (Å²) in [5.41, 5.74) is 5.91. The van der Waals surface area contributed by atoms with Gasteiger partial charge in [0.15, 0.2) is 11.5 Å². The smallest absolute Gasteiger partial charge is 0.387 e. The maximum atomic E-state index is 12.3. The quantitative estimate of drug-likeness (QED) is 0.649. The number of carbonyl (C=O) groups excluding carboxylic acids is 1. The van der Waals surface area contributed by atoms with Crippen molar-refractivity contribution < 1.29 is 23.0 Å². The van der Waals surface area contributed by atoms with Crippen molar-refractivity contribution in [1.29, 1.82) is 0 Å². The van der Waals surface area contributed by atoms with Gasteiger partial charge in [-0.3, -0.25) is 4.79 Å². The number of hydrogen-bond acceptors (Lipinski definition) is 4. The Morgan fingerprint density at radius 1 is 1.38 bits per heavy atom. The number of benzene rings is 1. The third kappa shape index (κ3) is 6.89. The lowest BCUT2D eigenvalue weighted by atomic mass is 10.2. The molecule has 1 amide bonds. The standard InChI is InChI=1S/C14H20F2N2O3/c1-2-20-12-8-10(5-6-11(12)21-14(15)16)9-18-7-3-4-13(17)19/h5-6,8,14,18H,2-4,7,9H2,1H3,(H2,17,19). The highest BCUT2D eigenvalue weighted by Crippen LogP contribution is 2.29. The van der Waals surface area contributed by atoms with E-state index in [0.29, 0.717) is 32.5 Å². The van der Waals surface area contributed by atoms with Crippen LogP contribution in [0.2, 0.25) is 0 Å². The Labute approximate surface area is 122 Å². The van der Waals surface area contributed by atoms with Gasteiger partial charge in [0.05, 0.1) is 6.61 Å². The summed E-state index contributed by atoms with van der Waals surface area (Å²) < 4.78 is 34.2. The molecule has 0 aliphatic heterocycles. The predicted molar refractivity (Wildman–Crippen MR) is 74.4 cm³/mol. The van der Waals surface area contributed by atoms with Gasteiger partial charge in [-0.05, 0) is 37.6 Å². The van der Waals surface area contributed by atoms with Crippen molar-refractivity contribution in [3.8, 4) is 11.5 Å². The van der Waals surface area contributed by atoms with Crippen LogP contribution in [0.1, 0.15) is 25.3 Å². The molecule has 1 rings (SSSR count). The second kappa shape index (κ2) is 9.12. The van der Waals surface area contributed by atoms with E-state index in [1.807, 2.05) is 0 Å². The van der Waals surface area contributed by atoms with Crippen LogP contribution in [0.25, 0.3) is 0 Å². The largest absolute Gasteiger partial charge is 0.490 e. The second-order valence-corrected chi connectivity index (χ2v) is 4.34. The zero-order chi connectivity index (χ0) is 15.7. The summed E-state index contributed by atoms with van der Waals surface area (Å²) >= 11 is 0. The van der Waals surface area contributed by atoms with Gasteiger partial charge in [0.1, 0.15) is 0 Å². The fourth-order valence-electron chi connectivity index (χ4n) is 1.74. The molecule has 0 bridgehead atoms. The first kappa shape index (κ1) is 17.2. The molecule has 0 radical (unpaired) electrons. The zero-order valence-corrected chi connectivity index (χ0v) is 11.9. The van der Waals surface area contributed by atoms with E-state index < -0.39 is 6.61 Å². The minimum Gasteiger partial charge on any atom is -0.490 e. The van der Waals surface area contributed by atoms with Crippen LogP contribution in [0.5, 0.6) is 11.5 Å². The molecule has 21 heavy (non-hydrogen) atoms. The van der Waals surface area contributed by atoms with Crippen LogP contribution in [0.15, 0.2) is 18.2 Å². The third-order valence-electron chi connectivity index (χ3n) is 2.63. The third-order valence-corrected chi connectivity index (χ3v) is 2.63. The first-order valence-corrected chi connectivity index (χ1v) is 6.72. The molecule has 7 heteroatoms. The monoisotopic (exact) mass is 302 g/mol. The molecule has 0 spiro atoms. The van der Waals surface area contributed by atoms with Crippen LogP contribution in [0.4, 0.5) is 8.78 Å². The SMILES string of the molecule is CCOc1cc(CNCCCC(N)=O)ccc1OC(F)F. The Bertz CT molecular complexity index is 456. The van der Waals surface area contributed by atoms with E-state index in [4.69, 9.17) is 10.5 Å². The molecule has 0 fully saturated rings. The number of carbonyl (C=O) groups is 1. The van der Waals surface area contributed by atoms with Crippen molar-refractivity contribution in [2.75, 3.05) is 13.2 Å². The van der Waals surface area contributed by atoms with Gasteiger partial charge in [0.2, 0.25) is 5.91 Å². The highest BCUT2D eigenvalue weighted by molar-refractivity contribution is 5.73. The Hall–Kier alpha value is -1.89. The number of hydrogen-bond donors (Lipinski definition) is 2. The number of nitrogens with one attached hydrogen (secondary N) is 1. The number of halogens is 2. The zero-order valence-electron chi connectivity index (χ0n) is 11.9. The van der Waals surface area contributed by atoms with E-state index in [1.165, 1.54) is 6.07 Å². The number of ether oxygens (including phenoxy) is 2. The van der Waals surface area contributed by atoms with Crippen LogP contribution in [0.3, 0.4) is 0 Å². The van der Waals surface area contributed by atoms with Crippen LogP contribution in [-0.4, -0.2) is 25.7 Å². The highest BCUT2D eigenvalue weighted by Gasteiger charge is 2.11. The Kier molecular flexibility index (Phi) is 7.45. The van der Waals surface area contributed by atoms with Crippen molar-refractivity contribution >= 4 is 5.91 Å². The molecule has 0 unspecified atom stereocenters. The van der Waals surface area contributed by atoms with Crippen molar-refractivity contribution in [3.05, 3.63) is 23.8 Å². The first-order valence-electron chi connectivity index (χ1n) is 6.72. The predicted octanol–water partition coefficient (Wildman–Crippen LogP) is 2.04. The Balaban J connectivity index is 2.54. The number of amides is 1. The molecular weight excluding hydrogens is 282 g/mol. The lowest BCUT2D eigenvalue weighted by molar-refractivity contribution is -0.118. The Morgan fingerprint density at radius 2 is 2.14 bits per heavy atom. The van der Waals surface area contributed by atoms with Crippen LogP contribution in [-0.2, 0) is 11.3 Å². The van der Waals surface area contributed by atoms with E-state index in [1.54, 1.807) is 19.1 Å². The minimum absolute atomic E-state index is 0.0179. The number of alkyl halides is 2. The number of rotatable bonds is 10. The van der Waals surface area contributed by atoms with E-state index in [9.17, 15) is 13.6 Å². The number of nitrogens with two attached hydrogens (primary N) is 1. The van der Waals surface area contributed by atoms with Crippen molar-refractivity contribution in [3.63, 3.8) is 0 Å². The number of primary amides is 1. The molecular formula is C14H20F2N2O3. The van der Waals surface area contributed by atoms with Crippen molar-refractivity contribution in [2.45, 2.75) is 32.9 Å². The summed E-state index contributed by atoms with van der Waals surface area (Å²) in [7, 11) is 0. The summed E-state index contributed by atoms with van der Waals surface area (Å²) in [4.78, 5) is 10.6. The topological polar surface area (TPSA) is 73.6 Å². The molecule has 0 saturated carbocycles. The van der Waals surface area contributed by atoms with Gasteiger partial charge in [-0.2, -0.15) is 8.78 Å². The molecule has 0 saturated heterocycles. The fraction of sp³-hybridized carbons (Fsp3) is 0.500. The van der Waals surface area contributed by atoms with E-state index in [2.05, 4.69) is 10.1 Å². The molecule has 0 aromatic heterocycles. The van der Waals surface area contributed by atoms with Gasteiger partial charge >= 0.3 is 6.61 Å². The van der Waals surface area contributed by atoms with Crippen LogP contribution in [0, 0.1) is 0 Å². The fourth-order valence-corrected chi connectivity index (χ4v) is 1.74. The van der Waals surface area contributed by atoms with Gasteiger partial charge in [-0.1, -0.05) is 6.07 Å². The average Bonchev–Trinajstić information content (AvgIpc) is 2.40. The molecule has 1 aromatic carbocycles. The van der Waals surface area contributed by atoms with Gasteiger partial charge < -0.3 is 20.5 Å². The summed E-state index contributed by atoms with van der Waals surface area (Å²) in [5, 5.41) is 3.13. The summed E-state index contributed by atoms with van der Waals surface area (Å²) in [6.07, 6.45) is 0.985.